The highest BCUT2D eigenvalue weighted by atomic mass is 16.6. The van der Waals surface area contributed by atoms with Gasteiger partial charge in [0.15, 0.2) is 0 Å². The number of hydrogen-bond acceptors (Lipinski definition) is 4. The van der Waals surface area contributed by atoms with E-state index >= 15 is 0 Å². The summed E-state index contributed by atoms with van der Waals surface area (Å²) in [5.41, 5.74) is 3.47. The predicted molar refractivity (Wildman–Crippen MR) is 108 cm³/mol. The van der Waals surface area contributed by atoms with E-state index in [9.17, 15) is 14.9 Å². The van der Waals surface area contributed by atoms with Gasteiger partial charge in [0, 0.05) is 30.1 Å². The summed E-state index contributed by atoms with van der Waals surface area (Å²) in [4.78, 5) is 22.9. The lowest BCUT2D eigenvalue weighted by Crippen LogP contribution is -2.20. The predicted octanol–water partition coefficient (Wildman–Crippen LogP) is 4.44. The SMILES string of the molecule is O=C(Nc1cccc(-c2cccc([N+](=O)[O-])c2)c1)Nc1ccccc1CCO. The highest BCUT2D eigenvalue weighted by Crippen LogP contribution is 2.26. The first-order valence-electron chi connectivity index (χ1n) is 8.68. The number of hydrogen-bond donors (Lipinski definition) is 3. The highest BCUT2D eigenvalue weighted by molar-refractivity contribution is 6.00. The van der Waals surface area contributed by atoms with Crippen LogP contribution in [0.2, 0.25) is 0 Å². The molecule has 0 unspecified atom stereocenters. The van der Waals surface area contributed by atoms with Gasteiger partial charge in [0.25, 0.3) is 5.69 Å². The third kappa shape index (κ3) is 4.72. The lowest BCUT2D eigenvalue weighted by atomic mass is 10.0. The van der Waals surface area contributed by atoms with Crippen LogP contribution < -0.4 is 10.6 Å². The van der Waals surface area contributed by atoms with Gasteiger partial charge < -0.3 is 15.7 Å². The van der Waals surface area contributed by atoms with Gasteiger partial charge in [-0.05, 0) is 41.3 Å². The molecule has 0 bridgehead atoms. The molecule has 0 aliphatic rings. The molecule has 0 saturated heterocycles. The van der Waals surface area contributed by atoms with Crippen LogP contribution in [0.4, 0.5) is 21.9 Å². The monoisotopic (exact) mass is 377 g/mol. The number of rotatable bonds is 6. The summed E-state index contributed by atoms with van der Waals surface area (Å²) in [5.74, 6) is 0. The molecular weight excluding hydrogens is 358 g/mol. The molecule has 0 aliphatic heterocycles. The van der Waals surface area contributed by atoms with Crippen LogP contribution >= 0.6 is 0 Å². The van der Waals surface area contributed by atoms with Crippen LogP contribution in [0, 0.1) is 10.1 Å². The van der Waals surface area contributed by atoms with E-state index in [1.807, 2.05) is 18.2 Å². The van der Waals surface area contributed by atoms with E-state index in [1.165, 1.54) is 12.1 Å². The molecule has 0 saturated carbocycles. The molecule has 7 nitrogen and oxygen atoms in total. The molecule has 28 heavy (non-hydrogen) atoms. The highest BCUT2D eigenvalue weighted by Gasteiger charge is 2.09. The number of aliphatic hydroxyl groups is 1. The molecule has 3 N–H and O–H groups in total. The number of para-hydroxylation sites is 1. The molecule has 0 spiro atoms. The Bertz CT molecular complexity index is 1000. The van der Waals surface area contributed by atoms with Crippen molar-refractivity contribution in [1.82, 2.24) is 0 Å². The van der Waals surface area contributed by atoms with Crippen molar-refractivity contribution < 1.29 is 14.8 Å². The number of amides is 2. The average Bonchev–Trinajstić information content (AvgIpc) is 2.70. The topological polar surface area (TPSA) is 104 Å². The standard InChI is InChI=1S/C21H19N3O4/c25-12-11-15-5-1-2-10-20(15)23-21(26)22-18-8-3-6-16(13-18)17-7-4-9-19(14-17)24(27)28/h1-10,13-14,25H,11-12H2,(H2,22,23,26). The van der Waals surface area contributed by atoms with Crippen LogP contribution in [0.25, 0.3) is 11.1 Å². The zero-order chi connectivity index (χ0) is 19.9. The van der Waals surface area contributed by atoms with Crippen LogP contribution in [-0.4, -0.2) is 22.7 Å². The van der Waals surface area contributed by atoms with Crippen molar-refractivity contribution in [3.63, 3.8) is 0 Å². The third-order valence-electron chi connectivity index (χ3n) is 4.16. The van der Waals surface area contributed by atoms with E-state index in [0.717, 1.165) is 11.1 Å². The Balaban J connectivity index is 1.75. The first-order chi connectivity index (χ1) is 13.6. The quantitative estimate of drug-likeness (QED) is 0.436. The van der Waals surface area contributed by atoms with E-state index in [-0.39, 0.29) is 12.3 Å². The molecule has 142 valence electrons. The number of non-ortho nitro benzene ring substituents is 1. The fourth-order valence-electron chi connectivity index (χ4n) is 2.84. The number of anilines is 2. The fraction of sp³-hybridized carbons (Fsp3) is 0.0952. The van der Waals surface area contributed by atoms with Gasteiger partial charge >= 0.3 is 6.03 Å². The van der Waals surface area contributed by atoms with Gasteiger partial charge in [-0.3, -0.25) is 10.1 Å². The van der Waals surface area contributed by atoms with Gasteiger partial charge in [0.1, 0.15) is 0 Å². The molecule has 3 aromatic rings. The van der Waals surface area contributed by atoms with E-state index in [1.54, 1.807) is 42.5 Å². The molecule has 0 fully saturated rings. The number of urea groups is 1. The van der Waals surface area contributed by atoms with Crippen molar-refractivity contribution in [3.05, 3.63) is 88.5 Å². The van der Waals surface area contributed by atoms with E-state index in [4.69, 9.17) is 5.11 Å². The molecule has 3 rings (SSSR count). The lowest BCUT2D eigenvalue weighted by Gasteiger charge is -2.12. The Kier molecular flexibility index (Phi) is 5.98. The Hall–Kier alpha value is -3.71. The Labute approximate surface area is 161 Å². The van der Waals surface area contributed by atoms with E-state index in [2.05, 4.69) is 10.6 Å². The van der Waals surface area contributed by atoms with Crippen molar-refractivity contribution in [1.29, 1.82) is 0 Å². The minimum Gasteiger partial charge on any atom is -0.396 e. The summed E-state index contributed by atoms with van der Waals surface area (Å²) in [6.45, 7) is -0.00836. The van der Waals surface area contributed by atoms with Gasteiger partial charge in [0.2, 0.25) is 0 Å². The number of nitro groups is 1. The summed E-state index contributed by atoms with van der Waals surface area (Å²) in [5, 5.41) is 25.6. The summed E-state index contributed by atoms with van der Waals surface area (Å²) in [6.07, 6.45) is 0.443. The lowest BCUT2D eigenvalue weighted by molar-refractivity contribution is -0.384. The van der Waals surface area contributed by atoms with Gasteiger partial charge in [-0.2, -0.15) is 0 Å². The number of nitro benzene ring substituents is 1. The largest absolute Gasteiger partial charge is 0.396 e. The molecule has 3 aromatic carbocycles. The first kappa shape index (κ1) is 19.1. The zero-order valence-corrected chi connectivity index (χ0v) is 15.0. The maximum absolute atomic E-state index is 12.4. The Morgan fingerprint density at radius 2 is 1.64 bits per heavy atom. The summed E-state index contributed by atoms with van der Waals surface area (Å²) in [6, 6.07) is 20.2. The second-order valence-electron chi connectivity index (χ2n) is 6.10. The first-order valence-corrected chi connectivity index (χ1v) is 8.68. The molecule has 0 aromatic heterocycles. The average molecular weight is 377 g/mol. The van der Waals surface area contributed by atoms with Crippen molar-refractivity contribution in [2.24, 2.45) is 0 Å². The Morgan fingerprint density at radius 1 is 0.929 bits per heavy atom. The van der Waals surface area contributed by atoms with Gasteiger partial charge in [-0.1, -0.05) is 42.5 Å². The molecule has 0 radical (unpaired) electrons. The molecule has 0 atom stereocenters. The third-order valence-corrected chi connectivity index (χ3v) is 4.16. The molecule has 0 heterocycles. The number of nitrogens with one attached hydrogen (secondary N) is 2. The van der Waals surface area contributed by atoms with Gasteiger partial charge in [-0.25, -0.2) is 4.79 Å². The number of benzene rings is 3. The summed E-state index contributed by atoms with van der Waals surface area (Å²) < 4.78 is 0. The van der Waals surface area contributed by atoms with E-state index < -0.39 is 11.0 Å². The summed E-state index contributed by atoms with van der Waals surface area (Å²) in [7, 11) is 0. The fourth-order valence-corrected chi connectivity index (χ4v) is 2.84. The van der Waals surface area contributed by atoms with Crippen molar-refractivity contribution in [3.8, 4) is 11.1 Å². The second-order valence-corrected chi connectivity index (χ2v) is 6.10. The van der Waals surface area contributed by atoms with E-state index in [0.29, 0.717) is 23.4 Å². The van der Waals surface area contributed by atoms with Crippen molar-refractivity contribution >= 4 is 23.1 Å². The minimum absolute atomic E-state index is 0.00836. The molecule has 2 amide bonds. The minimum atomic E-state index is -0.442. The number of carbonyl (C=O) groups excluding carboxylic acids is 1. The molecule has 0 aliphatic carbocycles. The number of nitrogens with zero attached hydrogens (tertiary/aromatic N) is 1. The second kappa shape index (κ2) is 8.79. The molecule has 7 heteroatoms. The van der Waals surface area contributed by atoms with Crippen molar-refractivity contribution in [2.75, 3.05) is 17.2 Å². The van der Waals surface area contributed by atoms with Crippen LogP contribution in [0.15, 0.2) is 72.8 Å². The number of carbonyl (C=O) groups is 1. The van der Waals surface area contributed by atoms with Crippen LogP contribution in [0.1, 0.15) is 5.56 Å². The normalized spacial score (nSPS) is 10.3. The van der Waals surface area contributed by atoms with Crippen molar-refractivity contribution in [2.45, 2.75) is 6.42 Å². The zero-order valence-electron chi connectivity index (χ0n) is 15.0. The maximum Gasteiger partial charge on any atom is 0.323 e. The maximum atomic E-state index is 12.4. The van der Waals surface area contributed by atoms with Crippen LogP contribution in [0.3, 0.4) is 0 Å². The van der Waals surface area contributed by atoms with Gasteiger partial charge in [-0.15, -0.1) is 0 Å². The summed E-state index contributed by atoms with van der Waals surface area (Å²) >= 11 is 0. The number of aliphatic hydroxyl groups excluding tert-OH is 1. The molecular formula is C21H19N3O4. The Morgan fingerprint density at radius 3 is 2.39 bits per heavy atom. The van der Waals surface area contributed by atoms with Crippen LogP contribution in [-0.2, 0) is 6.42 Å². The van der Waals surface area contributed by atoms with Gasteiger partial charge in [0.05, 0.1) is 4.92 Å². The smallest absolute Gasteiger partial charge is 0.323 e. The van der Waals surface area contributed by atoms with Crippen LogP contribution in [0.5, 0.6) is 0 Å².